The van der Waals surface area contributed by atoms with E-state index in [4.69, 9.17) is 0 Å². The maximum absolute atomic E-state index is 11.8. The highest BCUT2D eigenvalue weighted by atomic mass is 32.2. The van der Waals surface area contributed by atoms with Crippen molar-refractivity contribution in [3.63, 3.8) is 0 Å². The van der Waals surface area contributed by atoms with Crippen molar-refractivity contribution in [1.82, 2.24) is 20.2 Å². The molecule has 1 aromatic heterocycles. The van der Waals surface area contributed by atoms with Gasteiger partial charge in [-0.3, -0.25) is 4.79 Å². The van der Waals surface area contributed by atoms with Gasteiger partial charge in [0, 0.05) is 19.1 Å². The molecule has 1 heterocycles. The summed E-state index contributed by atoms with van der Waals surface area (Å²) in [5.41, 5.74) is -0.778. The quantitative estimate of drug-likeness (QED) is 0.661. The van der Waals surface area contributed by atoms with E-state index in [9.17, 15) is 13.2 Å². The van der Waals surface area contributed by atoms with Gasteiger partial charge in [0.1, 0.15) is 0 Å². The Morgan fingerprint density at radius 1 is 1.37 bits per heavy atom. The van der Waals surface area contributed by atoms with Crippen molar-refractivity contribution < 1.29 is 13.2 Å². The first kappa shape index (κ1) is 15.8. The van der Waals surface area contributed by atoms with Gasteiger partial charge in [-0.1, -0.05) is 11.3 Å². The average molecular weight is 307 g/mol. The minimum absolute atomic E-state index is 0.146. The second-order valence-electron chi connectivity index (χ2n) is 4.60. The third kappa shape index (κ3) is 5.49. The molecule has 0 atom stereocenters. The molecule has 0 fully saturated rings. The summed E-state index contributed by atoms with van der Waals surface area (Å²) < 4.78 is 24.7. The molecule has 0 unspecified atom stereocenters. The van der Waals surface area contributed by atoms with E-state index < -0.39 is 15.6 Å². The van der Waals surface area contributed by atoms with Gasteiger partial charge in [-0.05, 0) is 13.8 Å². The van der Waals surface area contributed by atoms with Crippen LogP contribution in [0.5, 0.6) is 0 Å². The van der Waals surface area contributed by atoms with Gasteiger partial charge in [-0.15, -0.1) is 10.2 Å². The number of aromatic nitrogens is 2. The summed E-state index contributed by atoms with van der Waals surface area (Å²) in [6.07, 6.45) is 1.07. The number of sulfonamides is 1. The molecule has 0 aliphatic rings. The maximum atomic E-state index is 11.8. The van der Waals surface area contributed by atoms with Crippen LogP contribution in [0.3, 0.4) is 0 Å². The Bertz CT molecular complexity index is 552. The predicted octanol–water partition coefficient (Wildman–Crippen LogP) is -0.363. The van der Waals surface area contributed by atoms with Crippen molar-refractivity contribution >= 4 is 32.4 Å². The Morgan fingerprint density at radius 3 is 2.47 bits per heavy atom. The molecule has 8 nitrogen and oxygen atoms in total. The summed E-state index contributed by atoms with van der Waals surface area (Å²) in [5.74, 6) is -0.387. The van der Waals surface area contributed by atoms with Crippen molar-refractivity contribution in [2.45, 2.75) is 19.4 Å². The number of carbonyl (C=O) groups is 1. The summed E-state index contributed by atoms with van der Waals surface area (Å²) in [7, 11) is -1.65. The molecule has 0 radical (unpaired) electrons. The van der Waals surface area contributed by atoms with Crippen LogP contribution in [-0.2, 0) is 10.0 Å². The first-order valence-electron chi connectivity index (χ1n) is 5.41. The van der Waals surface area contributed by atoms with E-state index in [0.717, 1.165) is 17.6 Å². The molecule has 10 heteroatoms. The van der Waals surface area contributed by atoms with Crippen LogP contribution in [0.4, 0.5) is 5.13 Å². The highest BCUT2D eigenvalue weighted by Gasteiger charge is 2.23. The van der Waals surface area contributed by atoms with Crippen LogP contribution in [0, 0.1) is 0 Å². The molecule has 0 aliphatic heterocycles. The van der Waals surface area contributed by atoms with Crippen LogP contribution < -0.4 is 15.4 Å². The third-order valence-corrected chi connectivity index (χ3v) is 3.85. The fraction of sp³-hybridized carbons (Fsp3) is 0.667. The Morgan fingerprint density at radius 2 is 2.00 bits per heavy atom. The van der Waals surface area contributed by atoms with Gasteiger partial charge in [0.05, 0.1) is 6.26 Å². The molecular weight excluding hydrogens is 290 g/mol. The van der Waals surface area contributed by atoms with Crippen LogP contribution in [0.25, 0.3) is 0 Å². The zero-order valence-electron chi connectivity index (χ0n) is 11.1. The van der Waals surface area contributed by atoms with Gasteiger partial charge in [0.25, 0.3) is 5.91 Å². The monoisotopic (exact) mass is 307 g/mol. The fourth-order valence-electron chi connectivity index (χ4n) is 1.33. The minimum atomic E-state index is -3.33. The molecule has 0 aromatic carbocycles. The second-order valence-corrected chi connectivity index (χ2v) is 7.33. The Kier molecular flexibility index (Phi) is 4.82. The van der Waals surface area contributed by atoms with Gasteiger partial charge in [0.2, 0.25) is 20.2 Å². The number of hydrogen-bond donors (Lipinski definition) is 3. The molecule has 19 heavy (non-hydrogen) atoms. The Hall–Kier alpha value is -1.26. The van der Waals surface area contributed by atoms with Gasteiger partial charge in [-0.25, -0.2) is 13.1 Å². The molecule has 0 saturated carbocycles. The highest BCUT2D eigenvalue weighted by molar-refractivity contribution is 7.88. The summed E-state index contributed by atoms with van der Waals surface area (Å²) in [4.78, 5) is 11.8. The first-order chi connectivity index (χ1) is 8.63. The normalized spacial score (nSPS) is 12.2. The maximum Gasteiger partial charge on any atom is 0.282 e. The van der Waals surface area contributed by atoms with Gasteiger partial charge in [0.15, 0.2) is 0 Å². The van der Waals surface area contributed by atoms with E-state index >= 15 is 0 Å². The second kappa shape index (κ2) is 5.80. The van der Waals surface area contributed by atoms with E-state index in [0.29, 0.717) is 5.13 Å². The lowest BCUT2D eigenvalue weighted by Crippen LogP contribution is -2.51. The zero-order chi connectivity index (χ0) is 14.7. The largest absolute Gasteiger partial charge is 0.363 e. The lowest BCUT2D eigenvalue weighted by molar-refractivity contribution is 0.0943. The van der Waals surface area contributed by atoms with Crippen LogP contribution in [0.15, 0.2) is 0 Å². The molecule has 3 N–H and O–H groups in total. The Balaban J connectivity index is 2.58. The van der Waals surface area contributed by atoms with Crippen molar-refractivity contribution in [3.8, 4) is 0 Å². The van der Waals surface area contributed by atoms with Crippen molar-refractivity contribution in [3.05, 3.63) is 5.01 Å². The SMILES string of the molecule is CNc1nnc(C(=O)NCC(C)(C)NS(C)(=O)=O)s1. The fourth-order valence-corrected chi connectivity index (χ4v) is 3.02. The van der Waals surface area contributed by atoms with E-state index in [-0.39, 0.29) is 17.5 Å². The molecular formula is C9H17N5O3S2. The van der Waals surface area contributed by atoms with E-state index in [2.05, 4.69) is 25.6 Å². The van der Waals surface area contributed by atoms with E-state index in [1.54, 1.807) is 20.9 Å². The molecule has 0 bridgehead atoms. The Labute approximate surface area is 116 Å². The van der Waals surface area contributed by atoms with E-state index in [1.807, 2.05) is 0 Å². The van der Waals surface area contributed by atoms with Gasteiger partial charge < -0.3 is 10.6 Å². The third-order valence-electron chi connectivity index (χ3n) is 1.99. The van der Waals surface area contributed by atoms with Gasteiger partial charge >= 0.3 is 0 Å². The lowest BCUT2D eigenvalue weighted by atomic mass is 10.1. The summed E-state index contributed by atoms with van der Waals surface area (Å²) in [6.45, 7) is 3.49. The van der Waals surface area contributed by atoms with Crippen molar-refractivity contribution in [2.75, 3.05) is 25.2 Å². The summed E-state index contributed by atoms with van der Waals surface area (Å²) in [5, 5.41) is 13.6. The van der Waals surface area contributed by atoms with Crippen molar-refractivity contribution in [1.29, 1.82) is 0 Å². The van der Waals surface area contributed by atoms with Crippen molar-refractivity contribution in [2.24, 2.45) is 0 Å². The van der Waals surface area contributed by atoms with E-state index in [1.165, 1.54) is 0 Å². The number of rotatable bonds is 6. The molecule has 108 valence electrons. The lowest BCUT2D eigenvalue weighted by Gasteiger charge is -2.24. The van der Waals surface area contributed by atoms with Crippen LogP contribution >= 0.6 is 11.3 Å². The predicted molar refractivity (Wildman–Crippen MR) is 73.8 cm³/mol. The number of carbonyl (C=O) groups excluding carboxylic acids is 1. The topological polar surface area (TPSA) is 113 Å². The molecule has 0 saturated heterocycles. The number of nitrogens with one attached hydrogen (secondary N) is 3. The van der Waals surface area contributed by atoms with Crippen LogP contribution in [0.2, 0.25) is 0 Å². The zero-order valence-corrected chi connectivity index (χ0v) is 12.8. The first-order valence-corrected chi connectivity index (χ1v) is 8.12. The number of anilines is 1. The molecule has 1 aromatic rings. The standard InChI is InChI=1S/C9H17N5O3S2/c1-9(2,14-19(4,16)17)5-11-6(15)7-12-13-8(10-3)18-7/h14H,5H2,1-4H3,(H,10,13)(H,11,15). The van der Waals surface area contributed by atoms with Crippen LogP contribution in [-0.4, -0.2) is 49.9 Å². The number of amides is 1. The smallest absolute Gasteiger partial charge is 0.282 e. The highest BCUT2D eigenvalue weighted by Crippen LogP contribution is 2.14. The van der Waals surface area contributed by atoms with Gasteiger partial charge in [-0.2, -0.15) is 0 Å². The summed E-state index contributed by atoms with van der Waals surface area (Å²) >= 11 is 1.12. The summed E-state index contributed by atoms with van der Waals surface area (Å²) in [6, 6.07) is 0. The van der Waals surface area contributed by atoms with Crippen LogP contribution in [0.1, 0.15) is 23.6 Å². The number of hydrogen-bond acceptors (Lipinski definition) is 7. The molecule has 0 aliphatic carbocycles. The molecule has 1 amide bonds. The number of nitrogens with zero attached hydrogens (tertiary/aromatic N) is 2. The average Bonchev–Trinajstić information content (AvgIpc) is 2.71. The minimum Gasteiger partial charge on any atom is -0.363 e. The molecule has 1 rings (SSSR count). The molecule has 0 spiro atoms.